The summed E-state index contributed by atoms with van der Waals surface area (Å²) in [5.74, 6) is -0.220. The molecular formula is C51H62N2O4. The summed E-state index contributed by atoms with van der Waals surface area (Å²) in [6.45, 7) is 10.2. The second-order valence-corrected chi connectivity index (χ2v) is 15.0. The van der Waals surface area contributed by atoms with Crippen molar-refractivity contribution in [1.82, 2.24) is 0 Å². The van der Waals surface area contributed by atoms with E-state index in [1.165, 1.54) is 21.9 Å². The van der Waals surface area contributed by atoms with Crippen molar-refractivity contribution in [1.29, 1.82) is 0 Å². The van der Waals surface area contributed by atoms with E-state index < -0.39 is 0 Å². The SMILES string of the molecule is C.CC(C)OCCc1ccc(C(CN)C(=O)Cc2ccc3ccccc3c2)cc1.CC(C)OCCc1ccc([C@@H](CN)C(=O)Cc2ccc3ccccc3c2)cc1. The fourth-order valence-electron chi connectivity index (χ4n) is 6.91. The van der Waals surface area contributed by atoms with E-state index in [0.29, 0.717) is 39.1 Å². The first-order valence-corrected chi connectivity index (χ1v) is 19.9. The predicted molar refractivity (Wildman–Crippen MR) is 238 cm³/mol. The molecule has 0 fully saturated rings. The highest BCUT2D eigenvalue weighted by molar-refractivity contribution is 5.91. The van der Waals surface area contributed by atoms with Crippen molar-refractivity contribution in [3.63, 3.8) is 0 Å². The van der Waals surface area contributed by atoms with Crippen molar-refractivity contribution in [2.75, 3.05) is 26.3 Å². The molecule has 0 saturated heterocycles. The van der Waals surface area contributed by atoms with Gasteiger partial charge in [0.25, 0.3) is 0 Å². The lowest BCUT2D eigenvalue weighted by molar-refractivity contribution is -0.120. The van der Waals surface area contributed by atoms with Crippen LogP contribution in [-0.4, -0.2) is 50.1 Å². The third-order valence-electron chi connectivity index (χ3n) is 10.1. The molecule has 0 heterocycles. The third kappa shape index (κ3) is 13.6. The van der Waals surface area contributed by atoms with Crippen LogP contribution in [0.4, 0.5) is 0 Å². The Hall–Kier alpha value is -4.98. The molecule has 0 amide bonds. The molecule has 0 bridgehead atoms. The van der Waals surface area contributed by atoms with E-state index in [0.717, 1.165) is 45.9 Å². The zero-order valence-corrected chi connectivity index (χ0v) is 33.5. The van der Waals surface area contributed by atoms with Gasteiger partial charge in [0.05, 0.1) is 37.3 Å². The maximum absolute atomic E-state index is 12.9. The molecule has 0 spiro atoms. The standard InChI is InChI=1S/2C25H29NO2.CH4/c2*1-18(2)28-14-13-19-7-11-22(12-8-19)24(17-26)25(27)16-20-9-10-21-5-3-4-6-23(21)15-20;/h2*3-12,15,18,24H,13-14,16-17,26H2,1-2H3;1H4/t24-;;/m1../s1. The lowest BCUT2D eigenvalue weighted by Gasteiger charge is -2.15. The van der Waals surface area contributed by atoms with Crippen LogP contribution in [0, 0.1) is 0 Å². The van der Waals surface area contributed by atoms with Crippen molar-refractivity contribution < 1.29 is 19.1 Å². The number of ether oxygens (including phenoxy) is 2. The maximum Gasteiger partial charge on any atom is 0.145 e. The molecule has 300 valence electrons. The molecule has 0 aliphatic heterocycles. The molecule has 6 heteroatoms. The van der Waals surface area contributed by atoms with E-state index in [4.69, 9.17) is 20.9 Å². The second kappa shape index (κ2) is 22.7. The smallest absolute Gasteiger partial charge is 0.145 e. The van der Waals surface area contributed by atoms with Gasteiger partial charge >= 0.3 is 0 Å². The Morgan fingerprint density at radius 1 is 0.474 bits per heavy atom. The molecule has 0 aliphatic carbocycles. The van der Waals surface area contributed by atoms with Crippen molar-refractivity contribution in [2.45, 2.75) is 84.8 Å². The van der Waals surface area contributed by atoms with Crippen LogP contribution in [0.25, 0.3) is 21.5 Å². The fraction of sp³-hybridized carbons (Fsp3) is 0.333. The number of rotatable bonds is 18. The highest BCUT2D eigenvalue weighted by Crippen LogP contribution is 2.23. The highest BCUT2D eigenvalue weighted by atomic mass is 16.5. The first kappa shape index (κ1) is 44.7. The molecule has 2 atom stereocenters. The quantitative estimate of drug-likeness (QED) is 0.0903. The zero-order valence-electron chi connectivity index (χ0n) is 33.5. The number of fused-ring (bicyclic) bond motifs is 2. The summed E-state index contributed by atoms with van der Waals surface area (Å²) in [6, 6.07) is 45.2. The second-order valence-electron chi connectivity index (χ2n) is 15.0. The Morgan fingerprint density at radius 2 is 0.807 bits per heavy atom. The topological polar surface area (TPSA) is 105 Å². The summed E-state index contributed by atoms with van der Waals surface area (Å²) in [5.41, 5.74) is 18.4. The van der Waals surface area contributed by atoms with Crippen molar-refractivity contribution in [3.05, 3.63) is 167 Å². The number of benzene rings is 6. The average Bonchev–Trinajstić information content (AvgIpc) is 3.19. The molecule has 6 nitrogen and oxygen atoms in total. The van der Waals surface area contributed by atoms with Gasteiger partial charge in [-0.1, -0.05) is 141 Å². The van der Waals surface area contributed by atoms with Gasteiger partial charge in [-0.3, -0.25) is 9.59 Å². The molecule has 0 saturated carbocycles. The van der Waals surface area contributed by atoms with Gasteiger partial charge in [0, 0.05) is 25.9 Å². The molecular weight excluding hydrogens is 705 g/mol. The van der Waals surface area contributed by atoms with Gasteiger partial charge < -0.3 is 20.9 Å². The number of Topliss-reactive ketones (excluding diaryl/α,β-unsaturated/α-hetero) is 2. The maximum atomic E-state index is 12.9. The Labute approximate surface area is 340 Å². The minimum Gasteiger partial charge on any atom is -0.378 e. The molecule has 0 aromatic heterocycles. The van der Waals surface area contributed by atoms with E-state index in [1.54, 1.807) is 0 Å². The molecule has 4 N–H and O–H groups in total. The third-order valence-corrected chi connectivity index (χ3v) is 10.1. The number of nitrogens with two attached hydrogens (primary N) is 2. The van der Waals surface area contributed by atoms with Crippen molar-refractivity contribution >= 4 is 33.1 Å². The number of hydrogen-bond acceptors (Lipinski definition) is 6. The van der Waals surface area contributed by atoms with Crippen LogP contribution in [0.2, 0.25) is 0 Å². The monoisotopic (exact) mass is 766 g/mol. The normalized spacial score (nSPS) is 12.2. The van der Waals surface area contributed by atoms with Gasteiger partial charge in [0.1, 0.15) is 11.6 Å². The van der Waals surface area contributed by atoms with Crippen LogP contribution in [0.15, 0.2) is 133 Å². The first-order valence-electron chi connectivity index (χ1n) is 19.9. The molecule has 0 aliphatic rings. The minimum absolute atomic E-state index is 0. The van der Waals surface area contributed by atoms with Gasteiger partial charge in [-0.15, -0.1) is 0 Å². The van der Waals surface area contributed by atoms with Gasteiger partial charge in [0.15, 0.2) is 0 Å². The molecule has 6 rings (SSSR count). The molecule has 1 unspecified atom stereocenters. The summed E-state index contributed by atoms with van der Waals surface area (Å²) in [6.07, 6.45) is 3.03. The van der Waals surface area contributed by atoms with Gasteiger partial charge in [-0.05, 0) is 95.5 Å². The molecule has 0 radical (unpaired) electrons. The minimum atomic E-state index is -0.271. The number of carbonyl (C=O) groups is 2. The predicted octanol–water partition coefficient (Wildman–Crippen LogP) is 9.96. The van der Waals surface area contributed by atoms with Crippen LogP contribution in [-0.2, 0) is 44.7 Å². The Bertz CT molecular complexity index is 1990. The Balaban J connectivity index is 0.000000248. The lowest BCUT2D eigenvalue weighted by atomic mass is 9.90. The number of carbonyl (C=O) groups excluding carboxylic acids is 2. The molecule has 57 heavy (non-hydrogen) atoms. The Kier molecular flexibility index (Phi) is 17.8. The van der Waals surface area contributed by atoms with Crippen LogP contribution in [0.5, 0.6) is 0 Å². The summed E-state index contributed by atoms with van der Waals surface area (Å²) >= 11 is 0. The number of hydrogen-bond donors (Lipinski definition) is 2. The summed E-state index contributed by atoms with van der Waals surface area (Å²) < 4.78 is 11.2. The zero-order chi connectivity index (χ0) is 39.9. The van der Waals surface area contributed by atoms with Crippen LogP contribution >= 0.6 is 0 Å². The van der Waals surface area contributed by atoms with Gasteiger partial charge in [-0.2, -0.15) is 0 Å². The van der Waals surface area contributed by atoms with E-state index in [1.807, 2.05) is 88.4 Å². The summed E-state index contributed by atoms with van der Waals surface area (Å²) in [4.78, 5) is 25.8. The van der Waals surface area contributed by atoms with E-state index in [-0.39, 0.29) is 43.0 Å². The van der Waals surface area contributed by atoms with Crippen molar-refractivity contribution in [2.24, 2.45) is 11.5 Å². The van der Waals surface area contributed by atoms with E-state index in [9.17, 15) is 9.59 Å². The van der Waals surface area contributed by atoms with Gasteiger partial charge in [0.2, 0.25) is 0 Å². The molecule has 6 aromatic rings. The van der Waals surface area contributed by atoms with Gasteiger partial charge in [-0.25, -0.2) is 0 Å². The lowest BCUT2D eigenvalue weighted by Crippen LogP contribution is -2.23. The van der Waals surface area contributed by atoms with E-state index >= 15 is 0 Å². The van der Waals surface area contributed by atoms with Crippen molar-refractivity contribution in [3.8, 4) is 0 Å². The Morgan fingerprint density at radius 3 is 1.14 bits per heavy atom. The largest absolute Gasteiger partial charge is 0.378 e. The van der Waals surface area contributed by atoms with Crippen LogP contribution in [0.1, 0.15) is 80.3 Å². The fourth-order valence-corrected chi connectivity index (χ4v) is 6.91. The highest BCUT2D eigenvalue weighted by Gasteiger charge is 2.21. The number of ketones is 2. The average molecular weight is 767 g/mol. The summed E-state index contributed by atoms with van der Waals surface area (Å²) in [7, 11) is 0. The summed E-state index contributed by atoms with van der Waals surface area (Å²) in [5, 5.41) is 4.69. The van der Waals surface area contributed by atoms with Crippen LogP contribution < -0.4 is 11.5 Å². The first-order chi connectivity index (χ1) is 27.1. The molecule has 6 aromatic carbocycles. The van der Waals surface area contributed by atoms with Crippen LogP contribution in [0.3, 0.4) is 0 Å². The van der Waals surface area contributed by atoms with E-state index in [2.05, 4.69) is 72.8 Å².